The number of aromatic amines is 1. The van der Waals surface area contributed by atoms with Gasteiger partial charge in [0.1, 0.15) is 5.82 Å². The number of benzene rings is 2. The minimum atomic E-state index is -0.918. The number of ketones is 1. The zero-order valence-electron chi connectivity index (χ0n) is 17.6. The molecule has 0 aliphatic rings. The van der Waals surface area contributed by atoms with Crippen molar-refractivity contribution in [1.29, 1.82) is 0 Å². The van der Waals surface area contributed by atoms with E-state index in [2.05, 4.69) is 9.97 Å². The first kappa shape index (κ1) is 20.5. The number of Topliss-reactive ketones (excluding diaryl/α,β-unsaturated/α-hetero) is 1. The second-order valence-electron chi connectivity index (χ2n) is 7.58. The molecule has 0 aliphatic carbocycles. The van der Waals surface area contributed by atoms with Gasteiger partial charge < -0.3 is 9.72 Å². The number of carbonyl (C=O) groups is 2. The number of aryl methyl sites for hydroxylation is 2. The Hall–Kier alpha value is -3.74. The molecule has 31 heavy (non-hydrogen) atoms. The van der Waals surface area contributed by atoms with Crippen molar-refractivity contribution in [2.75, 3.05) is 0 Å². The fourth-order valence-electron chi connectivity index (χ4n) is 3.81. The number of aromatic nitrogens is 3. The summed E-state index contributed by atoms with van der Waals surface area (Å²) in [5.41, 5.74) is 2.57. The van der Waals surface area contributed by atoms with Crippen LogP contribution in [0, 0.1) is 6.92 Å². The third-order valence-electron chi connectivity index (χ3n) is 5.45. The topological polar surface area (TPSA) is 94.1 Å². The summed E-state index contributed by atoms with van der Waals surface area (Å²) in [5, 5.41) is 1.34. The van der Waals surface area contributed by atoms with E-state index in [4.69, 9.17) is 4.74 Å². The number of nitrogens with zero attached hydrogens (tertiary/aromatic N) is 2. The first-order chi connectivity index (χ1) is 14.9. The number of nitrogens with one attached hydrogen (secondary N) is 1. The molecule has 7 nitrogen and oxygen atoms in total. The highest BCUT2D eigenvalue weighted by Crippen LogP contribution is 2.24. The summed E-state index contributed by atoms with van der Waals surface area (Å²) in [6, 6.07) is 14.6. The van der Waals surface area contributed by atoms with E-state index in [1.807, 2.05) is 37.3 Å². The monoisotopic (exact) mass is 417 g/mol. The molecule has 0 radical (unpaired) electrons. The Kier molecular flexibility index (Phi) is 5.42. The molecule has 4 aromatic rings. The van der Waals surface area contributed by atoms with Gasteiger partial charge in [0.15, 0.2) is 6.10 Å². The molecule has 0 spiro atoms. The van der Waals surface area contributed by atoms with E-state index in [-0.39, 0.29) is 24.2 Å². The van der Waals surface area contributed by atoms with E-state index in [0.29, 0.717) is 22.3 Å². The van der Waals surface area contributed by atoms with Gasteiger partial charge in [-0.3, -0.25) is 19.0 Å². The predicted octanol–water partition coefficient (Wildman–Crippen LogP) is 3.47. The van der Waals surface area contributed by atoms with E-state index >= 15 is 0 Å². The average Bonchev–Trinajstić information content (AvgIpc) is 3.10. The van der Waals surface area contributed by atoms with E-state index < -0.39 is 12.1 Å². The van der Waals surface area contributed by atoms with Gasteiger partial charge in [-0.25, -0.2) is 4.98 Å². The maximum Gasteiger partial charge on any atom is 0.306 e. The summed E-state index contributed by atoms with van der Waals surface area (Å²) in [6.45, 7) is 3.40. The minimum Gasteiger partial charge on any atom is -0.454 e. The van der Waals surface area contributed by atoms with Crippen molar-refractivity contribution in [2.24, 2.45) is 7.05 Å². The lowest BCUT2D eigenvalue weighted by Crippen LogP contribution is -2.26. The molecule has 158 valence electrons. The highest BCUT2D eigenvalue weighted by Gasteiger charge is 2.24. The fourth-order valence-corrected chi connectivity index (χ4v) is 3.81. The van der Waals surface area contributed by atoms with Crippen LogP contribution in [0.15, 0.2) is 53.3 Å². The van der Waals surface area contributed by atoms with Gasteiger partial charge in [-0.15, -0.1) is 0 Å². The Morgan fingerprint density at radius 1 is 1.10 bits per heavy atom. The van der Waals surface area contributed by atoms with Crippen LogP contribution in [0.5, 0.6) is 0 Å². The maximum absolute atomic E-state index is 12.9. The molecule has 0 saturated carbocycles. The minimum absolute atomic E-state index is 0.0170. The fraction of sp³-hybridized carbons (Fsp3) is 0.250. The SMILES string of the molecule is Cc1[nH]c2ccccc2c1C(=O)[C@H](C)OC(=O)CCc1nc2ccccc2c(=O)n1C. The smallest absolute Gasteiger partial charge is 0.306 e. The number of hydrogen-bond donors (Lipinski definition) is 1. The number of hydrogen-bond acceptors (Lipinski definition) is 5. The summed E-state index contributed by atoms with van der Waals surface area (Å²) < 4.78 is 6.85. The number of esters is 1. The molecule has 1 N–H and O–H groups in total. The van der Waals surface area contributed by atoms with Crippen LogP contribution in [0.2, 0.25) is 0 Å². The molecular formula is C24H23N3O4. The maximum atomic E-state index is 12.9. The van der Waals surface area contributed by atoms with Crippen molar-refractivity contribution in [3.8, 4) is 0 Å². The number of para-hydroxylation sites is 2. The van der Waals surface area contributed by atoms with Gasteiger partial charge in [-0.05, 0) is 32.0 Å². The third-order valence-corrected chi connectivity index (χ3v) is 5.45. The van der Waals surface area contributed by atoms with Crippen molar-refractivity contribution < 1.29 is 14.3 Å². The lowest BCUT2D eigenvalue weighted by molar-refractivity contribution is -0.146. The molecule has 0 bridgehead atoms. The Labute approximate surface area is 178 Å². The standard InChI is InChI=1S/C24H23N3O4/c1-14-22(16-8-4-6-10-18(16)25-14)23(29)15(2)31-21(28)13-12-20-26-19-11-7-5-9-17(19)24(30)27(20)3/h4-11,15,25H,12-13H2,1-3H3/t15-/m0/s1. The molecule has 0 saturated heterocycles. The van der Waals surface area contributed by atoms with Gasteiger partial charge >= 0.3 is 5.97 Å². The van der Waals surface area contributed by atoms with E-state index in [1.165, 1.54) is 4.57 Å². The van der Waals surface area contributed by atoms with Gasteiger partial charge in [0.25, 0.3) is 5.56 Å². The highest BCUT2D eigenvalue weighted by atomic mass is 16.5. The van der Waals surface area contributed by atoms with Crippen LogP contribution >= 0.6 is 0 Å². The lowest BCUT2D eigenvalue weighted by Gasteiger charge is -2.13. The largest absolute Gasteiger partial charge is 0.454 e. The zero-order chi connectivity index (χ0) is 22.1. The van der Waals surface area contributed by atoms with Gasteiger partial charge in [-0.1, -0.05) is 30.3 Å². The lowest BCUT2D eigenvalue weighted by atomic mass is 10.0. The highest BCUT2D eigenvalue weighted by molar-refractivity contribution is 6.11. The van der Waals surface area contributed by atoms with Crippen molar-refractivity contribution in [2.45, 2.75) is 32.8 Å². The number of fused-ring (bicyclic) bond motifs is 2. The van der Waals surface area contributed by atoms with Crippen LogP contribution in [-0.4, -0.2) is 32.4 Å². The van der Waals surface area contributed by atoms with Crippen molar-refractivity contribution in [3.05, 3.63) is 76.0 Å². The molecule has 2 aromatic heterocycles. The Morgan fingerprint density at radius 2 is 1.77 bits per heavy atom. The van der Waals surface area contributed by atoms with Crippen LogP contribution < -0.4 is 5.56 Å². The molecule has 2 aromatic carbocycles. The molecule has 7 heteroatoms. The normalized spacial score (nSPS) is 12.2. The Morgan fingerprint density at radius 3 is 2.55 bits per heavy atom. The zero-order valence-corrected chi connectivity index (χ0v) is 17.6. The van der Waals surface area contributed by atoms with E-state index in [9.17, 15) is 14.4 Å². The van der Waals surface area contributed by atoms with Gasteiger partial charge in [-0.2, -0.15) is 0 Å². The van der Waals surface area contributed by atoms with Crippen LogP contribution in [0.3, 0.4) is 0 Å². The van der Waals surface area contributed by atoms with E-state index in [0.717, 1.165) is 16.6 Å². The van der Waals surface area contributed by atoms with Gasteiger partial charge in [0, 0.05) is 35.6 Å². The van der Waals surface area contributed by atoms with Crippen LogP contribution in [-0.2, 0) is 23.0 Å². The summed E-state index contributed by atoms with van der Waals surface area (Å²) in [4.78, 5) is 45.5. The van der Waals surface area contributed by atoms with Gasteiger partial charge in [0.05, 0.1) is 17.3 Å². The second kappa shape index (κ2) is 8.18. The molecule has 0 aliphatic heterocycles. The number of carbonyl (C=O) groups excluding carboxylic acids is 2. The third kappa shape index (κ3) is 3.86. The van der Waals surface area contributed by atoms with Crippen LogP contribution in [0.1, 0.15) is 35.2 Å². The van der Waals surface area contributed by atoms with Gasteiger partial charge in [0.2, 0.25) is 5.78 Å². The van der Waals surface area contributed by atoms with Crippen LogP contribution in [0.4, 0.5) is 0 Å². The molecular weight excluding hydrogens is 394 g/mol. The summed E-state index contributed by atoms with van der Waals surface area (Å²) in [6.07, 6.45) is -0.662. The molecule has 4 rings (SSSR count). The summed E-state index contributed by atoms with van der Waals surface area (Å²) >= 11 is 0. The van der Waals surface area contributed by atoms with E-state index in [1.54, 1.807) is 32.2 Å². The van der Waals surface area contributed by atoms with Crippen molar-refractivity contribution >= 4 is 33.6 Å². The molecule has 1 atom stereocenters. The van der Waals surface area contributed by atoms with Crippen LogP contribution in [0.25, 0.3) is 21.8 Å². The summed E-state index contributed by atoms with van der Waals surface area (Å²) in [5.74, 6) is -0.271. The Balaban J connectivity index is 1.46. The first-order valence-corrected chi connectivity index (χ1v) is 10.1. The quantitative estimate of drug-likeness (QED) is 0.383. The Bertz CT molecular complexity index is 1370. The van der Waals surface area contributed by atoms with Crippen molar-refractivity contribution in [1.82, 2.24) is 14.5 Å². The van der Waals surface area contributed by atoms with Crippen molar-refractivity contribution in [3.63, 3.8) is 0 Å². The molecule has 2 heterocycles. The number of H-pyrrole nitrogens is 1. The molecule has 0 amide bonds. The number of rotatable bonds is 6. The number of ether oxygens (including phenoxy) is 1. The molecule has 0 unspecified atom stereocenters. The second-order valence-corrected chi connectivity index (χ2v) is 7.58. The molecule has 0 fully saturated rings. The average molecular weight is 417 g/mol. The first-order valence-electron chi connectivity index (χ1n) is 10.1. The predicted molar refractivity (Wildman–Crippen MR) is 118 cm³/mol. The summed E-state index contributed by atoms with van der Waals surface area (Å²) in [7, 11) is 1.63.